The zero-order valence-corrected chi connectivity index (χ0v) is 21.3. The fourth-order valence-electron chi connectivity index (χ4n) is 5.15. The summed E-state index contributed by atoms with van der Waals surface area (Å²) < 4.78 is 22.4. The van der Waals surface area contributed by atoms with E-state index in [1.165, 1.54) is 36.4 Å². The van der Waals surface area contributed by atoms with Crippen molar-refractivity contribution in [2.75, 3.05) is 13.2 Å². The molecule has 10 atom stereocenters. The van der Waals surface area contributed by atoms with E-state index in [1.54, 1.807) is 0 Å². The molecule has 0 aliphatic carbocycles. The first-order valence-corrected chi connectivity index (χ1v) is 12.7. The lowest BCUT2D eigenvalue weighted by Crippen LogP contribution is -2.63. The van der Waals surface area contributed by atoms with E-state index in [4.69, 9.17) is 18.6 Å². The quantitative estimate of drug-likeness (QED) is 0.157. The first kappa shape index (κ1) is 29.3. The smallest absolute Gasteiger partial charge is 0.200 e. The van der Waals surface area contributed by atoms with E-state index in [2.05, 4.69) is 0 Å². The number of aromatic hydroxyl groups is 2. The van der Waals surface area contributed by atoms with Crippen LogP contribution in [0.25, 0.3) is 22.1 Å². The third-order valence-electron chi connectivity index (χ3n) is 7.42. The second kappa shape index (κ2) is 11.6. The number of aliphatic hydroxyl groups is 7. The van der Waals surface area contributed by atoms with Gasteiger partial charge >= 0.3 is 0 Å². The molecule has 2 aliphatic heterocycles. The van der Waals surface area contributed by atoms with Crippen molar-refractivity contribution >= 4 is 11.0 Å². The Morgan fingerprint density at radius 1 is 0.756 bits per heavy atom. The van der Waals surface area contributed by atoms with Gasteiger partial charge in [0.25, 0.3) is 0 Å². The van der Waals surface area contributed by atoms with Gasteiger partial charge in [-0.15, -0.1) is 0 Å². The van der Waals surface area contributed by atoms with Gasteiger partial charge in [-0.1, -0.05) is 12.1 Å². The van der Waals surface area contributed by atoms with E-state index < -0.39 is 85.6 Å². The van der Waals surface area contributed by atoms with Crippen LogP contribution in [0.3, 0.4) is 0 Å². The van der Waals surface area contributed by atoms with Gasteiger partial charge in [-0.2, -0.15) is 0 Å². The number of ether oxygens (including phenoxy) is 3. The molecule has 10 unspecified atom stereocenters. The van der Waals surface area contributed by atoms with Gasteiger partial charge in [0, 0.05) is 0 Å². The molecular weight excluding hydrogens is 548 g/mol. The van der Waals surface area contributed by atoms with E-state index in [1.807, 2.05) is 0 Å². The minimum Gasteiger partial charge on any atom is -0.508 e. The number of phenolic OH excluding ortho intramolecular Hbond substituents is 2. The fourth-order valence-corrected chi connectivity index (χ4v) is 5.15. The van der Waals surface area contributed by atoms with Gasteiger partial charge in [-0.3, -0.25) is 4.79 Å². The number of aliphatic hydroxyl groups excluding tert-OH is 7. The summed E-state index contributed by atoms with van der Waals surface area (Å²) in [5.74, 6) is -0.445. The Hall–Kier alpha value is -3.15. The number of hydrogen-bond donors (Lipinski definition) is 9. The number of fused-ring (bicyclic) bond motifs is 1. The maximum absolute atomic E-state index is 13.3. The molecule has 14 nitrogen and oxygen atoms in total. The van der Waals surface area contributed by atoms with Crippen LogP contribution in [0.5, 0.6) is 11.5 Å². The van der Waals surface area contributed by atoms with Crippen molar-refractivity contribution < 1.29 is 64.6 Å². The van der Waals surface area contributed by atoms with Crippen LogP contribution in [0.4, 0.5) is 0 Å². The average Bonchev–Trinajstić information content (AvgIpc) is 2.97. The third-order valence-corrected chi connectivity index (χ3v) is 7.42. The summed E-state index contributed by atoms with van der Waals surface area (Å²) >= 11 is 0. The Morgan fingerprint density at radius 3 is 2.10 bits per heavy atom. The van der Waals surface area contributed by atoms with Gasteiger partial charge in [0.15, 0.2) is 6.29 Å². The maximum Gasteiger partial charge on any atom is 0.200 e. The topological polar surface area (TPSA) is 240 Å². The molecule has 1 aromatic heterocycles. The lowest BCUT2D eigenvalue weighted by Gasteiger charge is -2.46. The lowest BCUT2D eigenvalue weighted by molar-refractivity contribution is -0.342. The molecule has 0 radical (unpaired) electrons. The van der Waals surface area contributed by atoms with Crippen molar-refractivity contribution in [1.82, 2.24) is 0 Å². The fraction of sp³-hybridized carbons (Fsp3) is 0.444. The van der Waals surface area contributed by atoms with E-state index in [9.17, 15) is 50.8 Å². The van der Waals surface area contributed by atoms with Gasteiger partial charge in [0.1, 0.15) is 78.3 Å². The second-order valence-electron chi connectivity index (χ2n) is 9.96. The first-order chi connectivity index (χ1) is 19.6. The van der Waals surface area contributed by atoms with E-state index in [0.717, 1.165) is 6.26 Å². The molecule has 0 spiro atoms. The summed E-state index contributed by atoms with van der Waals surface area (Å²) in [6.07, 6.45) is -15.3. The minimum absolute atomic E-state index is 0.000363. The number of rotatable bonds is 6. The first-order valence-electron chi connectivity index (χ1n) is 12.7. The largest absolute Gasteiger partial charge is 0.508 e. The molecule has 5 rings (SSSR count). The Labute approximate surface area is 231 Å². The van der Waals surface area contributed by atoms with E-state index in [-0.39, 0.29) is 27.8 Å². The van der Waals surface area contributed by atoms with Crippen LogP contribution >= 0.6 is 0 Å². The van der Waals surface area contributed by atoms with Gasteiger partial charge in [-0.25, -0.2) is 0 Å². The third kappa shape index (κ3) is 5.19. The van der Waals surface area contributed by atoms with Crippen molar-refractivity contribution in [3.05, 3.63) is 58.4 Å². The molecule has 14 heteroatoms. The molecule has 222 valence electrons. The normalized spacial score (nSPS) is 34.1. The van der Waals surface area contributed by atoms with Crippen LogP contribution in [0.2, 0.25) is 0 Å². The Balaban J connectivity index is 1.47. The van der Waals surface area contributed by atoms with Crippen molar-refractivity contribution in [3.63, 3.8) is 0 Å². The van der Waals surface area contributed by atoms with Crippen molar-refractivity contribution in [3.8, 4) is 22.6 Å². The Bertz CT molecular complexity index is 1420. The molecule has 0 saturated carbocycles. The summed E-state index contributed by atoms with van der Waals surface area (Å²) in [4.78, 5) is 13.3. The van der Waals surface area contributed by atoms with Gasteiger partial charge < -0.3 is 64.6 Å². The van der Waals surface area contributed by atoms with E-state index >= 15 is 0 Å². The SMILES string of the molecule is O=c1c(-c2ccc(O)cc2)coc2c(C3OC(CO)C(OC4OC(CO)C(O)C(O)C4O)C(O)C3O)c(O)ccc12. The number of hydrogen-bond acceptors (Lipinski definition) is 14. The molecular formula is C27H30O14. The van der Waals surface area contributed by atoms with Crippen LogP contribution in [0, 0.1) is 0 Å². The van der Waals surface area contributed by atoms with Gasteiger partial charge in [-0.05, 0) is 29.8 Å². The van der Waals surface area contributed by atoms with Crippen LogP contribution in [-0.2, 0) is 14.2 Å². The maximum atomic E-state index is 13.3. The van der Waals surface area contributed by atoms with Crippen LogP contribution in [0.1, 0.15) is 11.7 Å². The molecule has 3 heterocycles. The molecule has 0 amide bonds. The van der Waals surface area contributed by atoms with Crippen molar-refractivity contribution in [2.24, 2.45) is 0 Å². The summed E-state index contributed by atoms with van der Waals surface area (Å²) in [7, 11) is 0. The molecule has 3 aromatic rings. The predicted molar refractivity (Wildman–Crippen MR) is 137 cm³/mol. The van der Waals surface area contributed by atoms with Gasteiger partial charge in [0.05, 0.1) is 29.7 Å². The average molecular weight is 579 g/mol. The monoisotopic (exact) mass is 578 g/mol. The van der Waals surface area contributed by atoms with Crippen LogP contribution < -0.4 is 5.43 Å². The number of benzene rings is 2. The molecule has 9 N–H and O–H groups in total. The highest BCUT2D eigenvalue weighted by Crippen LogP contribution is 2.42. The summed E-state index contributed by atoms with van der Waals surface area (Å²) in [6, 6.07) is 8.31. The van der Waals surface area contributed by atoms with Crippen molar-refractivity contribution in [1.29, 1.82) is 0 Å². The molecule has 2 aliphatic rings. The highest BCUT2D eigenvalue weighted by Gasteiger charge is 2.51. The lowest BCUT2D eigenvalue weighted by atomic mass is 9.89. The van der Waals surface area contributed by atoms with Gasteiger partial charge in [0.2, 0.25) is 5.43 Å². The summed E-state index contributed by atoms with van der Waals surface area (Å²) in [5, 5.41) is 92.1. The molecule has 2 fully saturated rings. The summed E-state index contributed by atoms with van der Waals surface area (Å²) in [6.45, 7) is -1.52. The predicted octanol–water partition coefficient (Wildman–Crippen LogP) is -1.79. The summed E-state index contributed by atoms with van der Waals surface area (Å²) in [5.41, 5.74) is -0.232. The zero-order valence-electron chi connectivity index (χ0n) is 21.3. The standard InChI is InChI=1S/C27H30O14/c28-7-15-19(33)20(34)23(37)27(40-15)41-25-16(8-29)39-26(22(36)21(25)35)17-14(31)6-5-12-18(32)13(9-38-24(12)17)10-1-3-11(30)4-2-10/h1-6,9,15-16,19-23,25-31,33-37H,7-8H2. The molecule has 2 aromatic carbocycles. The highest BCUT2D eigenvalue weighted by molar-refractivity contribution is 5.86. The highest BCUT2D eigenvalue weighted by atomic mass is 16.7. The number of phenols is 2. The Kier molecular flexibility index (Phi) is 8.31. The Morgan fingerprint density at radius 2 is 1.44 bits per heavy atom. The molecule has 2 saturated heterocycles. The minimum atomic E-state index is -1.84. The zero-order chi connectivity index (χ0) is 29.6. The van der Waals surface area contributed by atoms with E-state index in [0.29, 0.717) is 5.56 Å². The van der Waals surface area contributed by atoms with Crippen LogP contribution in [-0.4, -0.2) is 114 Å². The van der Waals surface area contributed by atoms with Crippen molar-refractivity contribution in [2.45, 2.75) is 61.2 Å². The second-order valence-corrected chi connectivity index (χ2v) is 9.96. The van der Waals surface area contributed by atoms with Crippen LogP contribution in [0.15, 0.2) is 51.9 Å². The molecule has 0 bridgehead atoms. The molecule has 41 heavy (non-hydrogen) atoms.